The van der Waals surface area contributed by atoms with E-state index in [2.05, 4.69) is 19.9 Å². The van der Waals surface area contributed by atoms with Gasteiger partial charge in [0, 0.05) is 5.56 Å². The highest BCUT2D eigenvalue weighted by atomic mass is 19.3. The molecule has 2 aromatic carbocycles. The van der Waals surface area contributed by atoms with Gasteiger partial charge in [-0.1, -0.05) is 6.07 Å². The van der Waals surface area contributed by atoms with Crippen molar-refractivity contribution >= 4 is 5.65 Å². The number of benzene rings is 2. The van der Waals surface area contributed by atoms with Crippen LogP contribution in [-0.4, -0.2) is 26.2 Å². The van der Waals surface area contributed by atoms with Gasteiger partial charge in [-0.25, -0.2) is 13.8 Å². The summed E-state index contributed by atoms with van der Waals surface area (Å²) in [5, 5.41) is 8.07. The van der Waals surface area contributed by atoms with Crippen molar-refractivity contribution in [3.05, 3.63) is 72.1 Å². The molecule has 2 heterocycles. The van der Waals surface area contributed by atoms with Gasteiger partial charge in [-0.15, -0.1) is 10.2 Å². The second kappa shape index (κ2) is 7.74. The van der Waals surface area contributed by atoms with Gasteiger partial charge in [0.15, 0.2) is 23.1 Å². The Hall–Kier alpha value is -3.69. The molecule has 0 saturated carbocycles. The smallest absolute Gasteiger partial charge is 0.387 e. The van der Waals surface area contributed by atoms with Crippen LogP contribution in [0.5, 0.6) is 11.6 Å². The van der Waals surface area contributed by atoms with Crippen LogP contribution < -0.4 is 9.47 Å². The Balaban J connectivity index is 1.56. The molecule has 0 spiro atoms. The van der Waals surface area contributed by atoms with E-state index in [-0.39, 0.29) is 18.2 Å². The van der Waals surface area contributed by atoms with E-state index in [0.29, 0.717) is 22.6 Å². The fourth-order valence-corrected chi connectivity index (χ4v) is 2.63. The zero-order valence-electron chi connectivity index (χ0n) is 14.6. The molecule has 0 aliphatic rings. The Morgan fingerprint density at radius 3 is 2.48 bits per heavy atom. The summed E-state index contributed by atoms with van der Waals surface area (Å²) in [7, 11) is 0. The van der Waals surface area contributed by atoms with Gasteiger partial charge in [0.05, 0.1) is 12.4 Å². The summed E-state index contributed by atoms with van der Waals surface area (Å²) >= 11 is 0. The molecule has 10 heteroatoms. The van der Waals surface area contributed by atoms with Gasteiger partial charge in [-0.2, -0.15) is 8.78 Å². The van der Waals surface area contributed by atoms with Crippen molar-refractivity contribution in [3.63, 3.8) is 0 Å². The topological polar surface area (TPSA) is 61.5 Å². The summed E-state index contributed by atoms with van der Waals surface area (Å²) in [6.45, 7) is -2.93. The van der Waals surface area contributed by atoms with Crippen molar-refractivity contribution in [2.75, 3.05) is 0 Å². The molecule has 0 aliphatic carbocycles. The first-order valence-electron chi connectivity index (χ1n) is 8.32. The van der Waals surface area contributed by atoms with E-state index in [1.54, 1.807) is 16.5 Å². The first kappa shape index (κ1) is 18.7. The summed E-state index contributed by atoms with van der Waals surface area (Å²) in [6, 6.07) is 9.39. The van der Waals surface area contributed by atoms with Gasteiger partial charge in [0.25, 0.3) is 0 Å². The van der Waals surface area contributed by atoms with E-state index in [4.69, 9.17) is 4.74 Å². The molecule has 0 unspecified atom stereocenters. The van der Waals surface area contributed by atoms with E-state index in [1.807, 2.05) is 0 Å². The largest absolute Gasteiger partial charge is 0.472 e. The molecule has 0 amide bonds. The predicted molar refractivity (Wildman–Crippen MR) is 93.5 cm³/mol. The normalized spacial score (nSPS) is 11.2. The number of fused-ring (bicyclic) bond motifs is 1. The fourth-order valence-electron chi connectivity index (χ4n) is 2.63. The van der Waals surface area contributed by atoms with Crippen molar-refractivity contribution in [3.8, 4) is 23.0 Å². The third kappa shape index (κ3) is 4.10. The number of hydrogen-bond donors (Lipinski definition) is 0. The van der Waals surface area contributed by atoms with Crippen molar-refractivity contribution in [1.82, 2.24) is 19.6 Å². The van der Waals surface area contributed by atoms with Crippen molar-refractivity contribution in [1.29, 1.82) is 0 Å². The van der Waals surface area contributed by atoms with Crippen molar-refractivity contribution < 1.29 is 27.0 Å². The summed E-state index contributed by atoms with van der Waals surface area (Å²) in [6.07, 6.45) is 2.97. The summed E-state index contributed by atoms with van der Waals surface area (Å²) in [5.41, 5.74) is 1.48. The Morgan fingerprint density at radius 2 is 1.76 bits per heavy atom. The average molecular weight is 404 g/mol. The molecule has 2 aromatic heterocycles. The number of nitrogens with zero attached hydrogens (tertiary/aromatic N) is 4. The molecule has 148 valence electrons. The SMILES string of the molecule is Fc1ccc(COc2cn3c(-c4ccc(OC(F)F)cc4)nnc3cn2)cc1F. The van der Waals surface area contributed by atoms with Crippen LogP contribution in [0.3, 0.4) is 0 Å². The van der Waals surface area contributed by atoms with Gasteiger partial charge >= 0.3 is 6.61 Å². The van der Waals surface area contributed by atoms with Crippen LogP contribution in [0.4, 0.5) is 17.6 Å². The molecule has 4 rings (SSSR count). The van der Waals surface area contributed by atoms with Crippen LogP contribution in [0.2, 0.25) is 0 Å². The van der Waals surface area contributed by atoms with Gasteiger partial charge in [0.2, 0.25) is 5.88 Å². The molecule has 0 atom stereocenters. The molecule has 29 heavy (non-hydrogen) atoms. The molecule has 0 radical (unpaired) electrons. The van der Waals surface area contributed by atoms with Gasteiger partial charge in [-0.3, -0.25) is 4.40 Å². The van der Waals surface area contributed by atoms with E-state index < -0.39 is 18.2 Å². The van der Waals surface area contributed by atoms with Crippen molar-refractivity contribution in [2.24, 2.45) is 0 Å². The minimum atomic E-state index is -2.91. The first-order valence-corrected chi connectivity index (χ1v) is 8.32. The second-order valence-electron chi connectivity index (χ2n) is 5.92. The zero-order chi connectivity index (χ0) is 20.4. The number of rotatable bonds is 6. The lowest BCUT2D eigenvalue weighted by atomic mass is 10.2. The number of halogens is 4. The monoisotopic (exact) mass is 404 g/mol. The minimum absolute atomic E-state index is 0.0210. The number of ether oxygens (including phenoxy) is 2. The van der Waals surface area contributed by atoms with Crippen LogP contribution in [0.25, 0.3) is 17.0 Å². The third-order valence-electron chi connectivity index (χ3n) is 3.98. The molecule has 0 saturated heterocycles. The van der Waals surface area contributed by atoms with Crippen LogP contribution in [0.15, 0.2) is 54.9 Å². The molecule has 0 aliphatic heterocycles. The fraction of sp³-hybridized carbons (Fsp3) is 0.105. The molecule has 0 fully saturated rings. The highest BCUT2D eigenvalue weighted by molar-refractivity contribution is 5.60. The Kier molecular flexibility index (Phi) is 4.98. The summed E-state index contributed by atoms with van der Waals surface area (Å²) in [5.74, 6) is -1.23. The maximum Gasteiger partial charge on any atom is 0.387 e. The van der Waals surface area contributed by atoms with Crippen LogP contribution >= 0.6 is 0 Å². The minimum Gasteiger partial charge on any atom is -0.472 e. The average Bonchev–Trinajstić information content (AvgIpc) is 3.12. The lowest BCUT2D eigenvalue weighted by Gasteiger charge is -2.07. The summed E-state index contributed by atoms with van der Waals surface area (Å²) in [4.78, 5) is 4.10. The highest BCUT2D eigenvalue weighted by Gasteiger charge is 2.12. The predicted octanol–water partition coefficient (Wildman–Crippen LogP) is 4.25. The molecular weight excluding hydrogens is 392 g/mol. The molecule has 4 aromatic rings. The van der Waals surface area contributed by atoms with E-state index in [0.717, 1.165) is 12.1 Å². The molecule has 6 nitrogen and oxygen atoms in total. The van der Waals surface area contributed by atoms with Crippen LogP contribution in [0, 0.1) is 11.6 Å². The van der Waals surface area contributed by atoms with Gasteiger partial charge in [0.1, 0.15) is 12.4 Å². The first-order chi connectivity index (χ1) is 14.0. The second-order valence-corrected chi connectivity index (χ2v) is 5.92. The van der Waals surface area contributed by atoms with Gasteiger partial charge < -0.3 is 9.47 Å². The van der Waals surface area contributed by atoms with Crippen LogP contribution in [0.1, 0.15) is 5.56 Å². The number of alkyl halides is 2. The quantitative estimate of drug-likeness (QED) is 0.450. The number of hydrogen-bond acceptors (Lipinski definition) is 5. The Labute approximate surface area is 161 Å². The molecular formula is C19H12F4N4O2. The number of aromatic nitrogens is 4. The Bertz CT molecular complexity index is 1150. The van der Waals surface area contributed by atoms with E-state index in [9.17, 15) is 17.6 Å². The maximum absolute atomic E-state index is 13.3. The maximum atomic E-state index is 13.3. The third-order valence-corrected chi connectivity index (χ3v) is 3.98. The molecule has 0 bridgehead atoms. The lowest BCUT2D eigenvalue weighted by Crippen LogP contribution is -2.02. The molecule has 0 N–H and O–H groups in total. The Morgan fingerprint density at radius 1 is 0.966 bits per heavy atom. The summed E-state index contributed by atoms with van der Waals surface area (Å²) < 4.78 is 62.3. The zero-order valence-corrected chi connectivity index (χ0v) is 14.6. The van der Waals surface area contributed by atoms with E-state index >= 15 is 0 Å². The lowest BCUT2D eigenvalue weighted by molar-refractivity contribution is -0.0498. The van der Waals surface area contributed by atoms with Crippen LogP contribution in [-0.2, 0) is 6.61 Å². The van der Waals surface area contributed by atoms with Gasteiger partial charge in [-0.05, 0) is 42.0 Å². The van der Waals surface area contributed by atoms with E-state index in [1.165, 1.54) is 30.6 Å². The standard InChI is InChI=1S/C19H12F4N4O2/c20-14-6-1-11(7-15(14)21)10-28-17-9-27-16(8-24-17)25-26-18(27)12-2-4-13(5-3-12)29-19(22)23/h1-9,19H,10H2. The van der Waals surface area contributed by atoms with Crippen molar-refractivity contribution in [2.45, 2.75) is 13.2 Å². The highest BCUT2D eigenvalue weighted by Crippen LogP contribution is 2.23.